The van der Waals surface area contributed by atoms with E-state index in [0.717, 1.165) is 21.7 Å². The molecule has 1 aromatic heterocycles. The van der Waals surface area contributed by atoms with Crippen molar-refractivity contribution in [3.05, 3.63) is 45.8 Å². The van der Waals surface area contributed by atoms with Gasteiger partial charge in [0.05, 0.1) is 30.8 Å². The van der Waals surface area contributed by atoms with E-state index in [2.05, 4.69) is 4.98 Å². The summed E-state index contributed by atoms with van der Waals surface area (Å²) >= 11 is 0. The molecule has 9 nitrogen and oxygen atoms in total. The van der Waals surface area contributed by atoms with Gasteiger partial charge in [-0.1, -0.05) is 20.8 Å². The number of amidine groups is 1. The topological polar surface area (TPSA) is 124 Å². The van der Waals surface area contributed by atoms with Gasteiger partial charge >= 0.3 is 0 Å². The molecule has 2 N–H and O–H groups in total. The lowest BCUT2D eigenvalue weighted by Crippen LogP contribution is -2.31. The highest BCUT2D eigenvalue weighted by molar-refractivity contribution is 7.92. The average molecular weight is 503 g/mol. The zero-order chi connectivity index (χ0) is 26.5. The number of Topliss-reactive ketones (excluding diaryl/α,β-unsaturated/α-hetero) is 1. The van der Waals surface area contributed by atoms with E-state index >= 15 is 0 Å². The molecule has 0 spiro atoms. The summed E-state index contributed by atoms with van der Waals surface area (Å²) in [4.78, 5) is 19.6. The van der Waals surface area contributed by atoms with Gasteiger partial charge in [-0.2, -0.15) is 0 Å². The van der Waals surface area contributed by atoms with Crippen molar-refractivity contribution in [2.45, 2.75) is 53.5 Å². The summed E-state index contributed by atoms with van der Waals surface area (Å²) in [7, 11) is -2.33. The average Bonchev–Trinajstić information content (AvgIpc) is 3.04. The number of aromatic nitrogens is 1. The molecule has 0 bridgehead atoms. The second kappa shape index (κ2) is 9.14. The summed E-state index contributed by atoms with van der Waals surface area (Å²) in [5.74, 6) is 0.387. The van der Waals surface area contributed by atoms with Crippen molar-refractivity contribution in [2.75, 3.05) is 30.8 Å². The molecule has 2 heterocycles. The number of aromatic hydroxyl groups is 1. The Labute approximate surface area is 207 Å². The number of benzene rings is 1. The molecular weight excluding hydrogens is 468 g/mol. The van der Waals surface area contributed by atoms with E-state index in [1.807, 2.05) is 41.5 Å². The molecule has 0 aliphatic carbocycles. The van der Waals surface area contributed by atoms with Gasteiger partial charge in [-0.25, -0.2) is 13.4 Å². The quantitative estimate of drug-likeness (QED) is 0.555. The molecule has 0 saturated carbocycles. The van der Waals surface area contributed by atoms with Crippen LogP contribution in [0.2, 0.25) is 0 Å². The van der Waals surface area contributed by atoms with Gasteiger partial charge < -0.3 is 14.7 Å². The molecule has 0 fully saturated rings. The fourth-order valence-corrected chi connectivity index (χ4v) is 4.70. The number of ketones is 1. The standard InChI is InChI=1S/C25H34N4O5S/c1-9-34-23-14(2)17-12-29(24(26)21(17)27-15(23)3)13-20(30)16-10-18(25(4,5)6)22(31)19(11-16)28(7)35(8,32)33/h10-11,26,31H,9,12-13H2,1-8H3. The fourth-order valence-electron chi connectivity index (χ4n) is 4.21. The zero-order valence-electron chi connectivity index (χ0n) is 21.6. The monoisotopic (exact) mass is 502 g/mol. The Balaban J connectivity index is 1.99. The summed E-state index contributed by atoms with van der Waals surface area (Å²) in [6.45, 7) is 12.1. The van der Waals surface area contributed by atoms with Gasteiger partial charge in [0.25, 0.3) is 0 Å². The van der Waals surface area contributed by atoms with Gasteiger partial charge in [0.15, 0.2) is 5.78 Å². The van der Waals surface area contributed by atoms with Gasteiger partial charge in [-0.3, -0.25) is 14.5 Å². The number of sulfonamides is 1. The third kappa shape index (κ3) is 4.98. The molecule has 1 aliphatic rings. The number of carbonyl (C=O) groups is 1. The third-order valence-electron chi connectivity index (χ3n) is 6.26. The van der Waals surface area contributed by atoms with Crippen molar-refractivity contribution in [1.29, 1.82) is 5.41 Å². The van der Waals surface area contributed by atoms with Crippen LogP contribution in [0.5, 0.6) is 11.5 Å². The number of phenolic OH excluding ortho intramolecular Hbond substituents is 1. The molecule has 0 unspecified atom stereocenters. The highest BCUT2D eigenvalue weighted by Gasteiger charge is 2.32. The number of aryl methyl sites for hydroxylation is 1. The van der Waals surface area contributed by atoms with E-state index in [-0.39, 0.29) is 35.2 Å². The molecule has 0 radical (unpaired) electrons. The Hall–Kier alpha value is -3.14. The second-order valence-electron chi connectivity index (χ2n) is 9.91. The van der Waals surface area contributed by atoms with Crippen molar-refractivity contribution in [3.8, 4) is 11.5 Å². The highest BCUT2D eigenvalue weighted by atomic mass is 32.2. The van der Waals surface area contributed by atoms with Crippen LogP contribution in [0.15, 0.2) is 12.1 Å². The molecule has 0 saturated heterocycles. The number of nitrogens with one attached hydrogen (secondary N) is 1. The first kappa shape index (κ1) is 26.5. The number of hydrogen-bond acceptors (Lipinski definition) is 7. The minimum absolute atomic E-state index is 0.0394. The van der Waals surface area contributed by atoms with Crippen molar-refractivity contribution < 1.29 is 23.1 Å². The molecular formula is C25H34N4O5S. The van der Waals surface area contributed by atoms with E-state index in [9.17, 15) is 18.3 Å². The Morgan fingerprint density at radius 2 is 1.91 bits per heavy atom. The maximum Gasteiger partial charge on any atom is 0.232 e. The normalized spacial score (nSPS) is 13.7. The van der Waals surface area contributed by atoms with E-state index < -0.39 is 15.4 Å². The number of carbonyl (C=O) groups excluding carboxylic acids is 1. The maximum atomic E-state index is 13.4. The molecule has 1 aliphatic heterocycles. The van der Waals surface area contributed by atoms with Gasteiger partial charge in [0, 0.05) is 35.8 Å². The third-order valence-corrected chi connectivity index (χ3v) is 7.45. The van der Waals surface area contributed by atoms with Crippen molar-refractivity contribution in [3.63, 3.8) is 0 Å². The number of phenols is 1. The molecule has 35 heavy (non-hydrogen) atoms. The summed E-state index contributed by atoms with van der Waals surface area (Å²) in [6, 6.07) is 2.99. The Bertz CT molecular complexity index is 1310. The largest absolute Gasteiger partial charge is 0.505 e. The van der Waals surface area contributed by atoms with Crippen molar-refractivity contribution in [2.24, 2.45) is 0 Å². The number of pyridine rings is 1. The van der Waals surface area contributed by atoms with E-state index in [1.165, 1.54) is 13.1 Å². The first-order valence-corrected chi connectivity index (χ1v) is 13.2. The minimum Gasteiger partial charge on any atom is -0.505 e. The number of anilines is 1. The summed E-state index contributed by atoms with van der Waals surface area (Å²) in [5.41, 5.74) is 3.22. The van der Waals surface area contributed by atoms with Crippen LogP contribution in [0.1, 0.15) is 66.1 Å². The Kier molecular flexibility index (Phi) is 6.91. The Morgan fingerprint density at radius 3 is 2.46 bits per heavy atom. The van der Waals surface area contributed by atoms with Gasteiger partial charge in [-0.05, 0) is 38.3 Å². The highest BCUT2D eigenvalue weighted by Crippen LogP contribution is 2.40. The predicted molar refractivity (Wildman–Crippen MR) is 137 cm³/mol. The van der Waals surface area contributed by atoms with Crippen molar-refractivity contribution >= 4 is 27.3 Å². The number of nitrogens with zero attached hydrogens (tertiary/aromatic N) is 3. The van der Waals surface area contributed by atoms with Gasteiger partial charge in [0.1, 0.15) is 23.0 Å². The lowest BCUT2D eigenvalue weighted by atomic mass is 9.84. The van der Waals surface area contributed by atoms with Crippen LogP contribution in [-0.4, -0.2) is 61.5 Å². The van der Waals surface area contributed by atoms with Crippen LogP contribution in [0, 0.1) is 19.3 Å². The molecule has 190 valence electrons. The number of fused-ring (bicyclic) bond motifs is 1. The second-order valence-corrected chi connectivity index (χ2v) is 11.9. The SMILES string of the molecule is CCOc1c(C)nc2c(c1C)CN(CC(=O)c1cc(N(C)S(C)(=O)=O)c(O)c(C(C)(C)C)c1)C2=N. The Morgan fingerprint density at radius 1 is 1.29 bits per heavy atom. The molecule has 0 amide bonds. The lowest BCUT2D eigenvalue weighted by Gasteiger charge is -2.26. The molecule has 2 aromatic rings. The van der Waals surface area contributed by atoms with Crippen LogP contribution in [0.4, 0.5) is 5.69 Å². The van der Waals surface area contributed by atoms with Crippen LogP contribution in [-0.2, 0) is 22.0 Å². The van der Waals surface area contributed by atoms with Crippen LogP contribution in [0.25, 0.3) is 0 Å². The van der Waals surface area contributed by atoms with Crippen LogP contribution >= 0.6 is 0 Å². The number of ether oxygens (including phenoxy) is 1. The summed E-state index contributed by atoms with van der Waals surface area (Å²) in [5, 5.41) is 19.5. The maximum absolute atomic E-state index is 13.4. The fraction of sp³-hybridized carbons (Fsp3) is 0.480. The summed E-state index contributed by atoms with van der Waals surface area (Å²) < 4.78 is 31.1. The molecule has 0 atom stereocenters. The first-order chi connectivity index (χ1) is 16.1. The van der Waals surface area contributed by atoms with Crippen LogP contribution in [0.3, 0.4) is 0 Å². The van der Waals surface area contributed by atoms with Crippen LogP contribution < -0.4 is 9.04 Å². The smallest absolute Gasteiger partial charge is 0.232 e. The van der Waals surface area contributed by atoms with E-state index in [0.29, 0.717) is 35.9 Å². The number of rotatable bonds is 7. The van der Waals surface area contributed by atoms with E-state index in [4.69, 9.17) is 10.1 Å². The zero-order valence-corrected chi connectivity index (χ0v) is 22.4. The lowest BCUT2D eigenvalue weighted by molar-refractivity contribution is 0.0962. The molecule has 3 rings (SSSR count). The predicted octanol–water partition coefficient (Wildman–Crippen LogP) is 3.52. The van der Waals surface area contributed by atoms with Gasteiger partial charge in [0.2, 0.25) is 10.0 Å². The molecule has 10 heteroatoms. The molecule has 1 aromatic carbocycles. The van der Waals surface area contributed by atoms with E-state index in [1.54, 1.807) is 11.0 Å². The number of hydrogen-bond donors (Lipinski definition) is 2. The minimum atomic E-state index is -3.67. The summed E-state index contributed by atoms with van der Waals surface area (Å²) in [6.07, 6.45) is 1.04. The van der Waals surface area contributed by atoms with Crippen molar-refractivity contribution in [1.82, 2.24) is 9.88 Å². The van der Waals surface area contributed by atoms with Gasteiger partial charge in [-0.15, -0.1) is 0 Å². The first-order valence-electron chi connectivity index (χ1n) is 11.4.